The summed E-state index contributed by atoms with van der Waals surface area (Å²) in [6, 6.07) is 14.2. The number of hydrogen-bond acceptors (Lipinski definition) is 3. The molecule has 0 aliphatic rings. The lowest BCUT2D eigenvalue weighted by atomic mass is 9.93. The van der Waals surface area contributed by atoms with Crippen LogP contribution in [0.25, 0.3) is 0 Å². The van der Waals surface area contributed by atoms with Gasteiger partial charge in [-0.05, 0) is 23.1 Å². The van der Waals surface area contributed by atoms with E-state index in [1.54, 1.807) is 12.1 Å². The second kappa shape index (κ2) is 5.63. The maximum absolute atomic E-state index is 10.9. The van der Waals surface area contributed by atoms with Gasteiger partial charge in [-0.3, -0.25) is 10.1 Å². The Hall–Kier alpha value is -2.20. The van der Waals surface area contributed by atoms with Crippen molar-refractivity contribution in [1.29, 1.82) is 0 Å². The molecular formula is C15H16N2O2. The van der Waals surface area contributed by atoms with Crippen LogP contribution in [-0.4, -0.2) is 4.92 Å². The summed E-state index contributed by atoms with van der Waals surface area (Å²) in [6.07, 6.45) is 0.799. The summed E-state index contributed by atoms with van der Waals surface area (Å²) in [4.78, 5) is 10.5. The van der Waals surface area contributed by atoms with Crippen LogP contribution in [0.2, 0.25) is 0 Å². The molecule has 0 amide bonds. The van der Waals surface area contributed by atoms with Gasteiger partial charge in [0.2, 0.25) is 0 Å². The van der Waals surface area contributed by atoms with Crippen LogP contribution >= 0.6 is 0 Å². The smallest absolute Gasteiger partial charge is 0.269 e. The molecule has 0 saturated heterocycles. The van der Waals surface area contributed by atoms with E-state index in [1.165, 1.54) is 6.07 Å². The van der Waals surface area contributed by atoms with Crippen LogP contribution in [0.5, 0.6) is 0 Å². The molecule has 0 aliphatic heterocycles. The highest BCUT2D eigenvalue weighted by atomic mass is 16.6. The molecule has 98 valence electrons. The van der Waals surface area contributed by atoms with Crippen LogP contribution in [-0.2, 0) is 6.42 Å². The number of hydrogen-bond donors (Lipinski definition) is 1. The van der Waals surface area contributed by atoms with Gasteiger partial charge in [-0.2, -0.15) is 0 Å². The number of benzene rings is 2. The monoisotopic (exact) mass is 256 g/mol. The van der Waals surface area contributed by atoms with Crippen molar-refractivity contribution in [2.45, 2.75) is 19.4 Å². The Kier molecular flexibility index (Phi) is 3.92. The number of non-ortho nitro benzene ring substituents is 1. The van der Waals surface area contributed by atoms with E-state index >= 15 is 0 Å². The molecule has 0 saturated carbocycles. The minimum atomic E-state index is -0.388. The fraction of sp³-hybridized carbons (Fsp3) is 0.200. The summed E-state index contributed by atoms with van der Waals surface area (Å²) in [5.41, 5.74) is 9.14. The molecule has 0 aliphatic carbocycles. The lowest BCUT2D eigenvalue weighted by Crippen LogP contribution is -2.14. The SMILES string of the molecule is CCc1ccc([N+](=O)[O-])cc1C(N)c1ccccc1. The molecule has 1 unspecified atom stereocenters. The number of nitrogens with two attached hydrogens (primary N) is 1. The molecule has 0 radical (unpaired) electrons. The molecule has 2 rings (SSSR count). The van der Waals surface area contributed by atoms with Crippen LogP contribution in [0.15, 0.2) is 48.5 Å². The van der Waals surface area contributed by atoms with Gasteiger partial charge in [-0.25, -0.2) is 0 Å². The predicted molar refractivity (Wildman–Crippen MR) is 74.9 cm³/mol. The minimum absolute atomic E-state index is 0.0820. The zero-order chi connectivity index (χ0) is 13.8. The molecule has 2 N–H and O–H groups in total. The molecule has 0 spiro atoms. The lowest BCUT2D eigenvalue weighted by Gasteiger charge is -2.16. The first-order chi connectivity index (χ1) is 9.13. The fourth-order valence-electron chi connectivity index (χ4n) is 2.15. The average molecular weight is 256 g/mol. The van der Waals surface area contributed by atoms with Gasteiger partial charge >= 0.3 is 0 Å². The minimum Gasteiger partial charge on any atom is -0.320 e. The van der Waals surface area contributed by atoms with Crippen molar-refractivity contribution >= 4 is 5.69 Å². The Morgan fingerprint density at radius 2 is 1.89 bits per heavy atom. The van der Waals surface area contributed by atoms with E-state index in [9.17, 15) is 10.1 Å². The maximum Gasteiger partial charge on any atom is 0.269 e. The maximum atomic E-state index is 10.9. The fourth-order valence-corrected chi connectivity index (χ4v) is 2.15. The molecule has 0 bridgehead atoms. The number of nitro benzene ring substituents is 1. The Balaban J connectivity index is 2.47. The highest BCUT2D eigenvalue weighted by molar-refractivity contribution is 5.44. The van der Waals surface area contributed by atoms with E-state index in [0.29, 0.717) is 0 Å². The number of aryl methyl sites for hydroxylation is 1. The van der Waals surface area contributed by atoms with Gasteiger partial charge in [-0.15, -0.1) is 0 Å². The first-order valence-corrected chi connectivity index (χ1v) is 6.21. The van der Waals surface area contributed by atoms with Gasteiger partial charge < -0.3 is 5.73 Å². The molecule has 4 nitrogen and oxygen atoms in total. The van der Waals surface area contributed by atoms with Gasteiger partial charge in [0.15, 0.2) is 0 Å². The third-order valence-corrected chi connectivity index (χ3v) is 3.21. The van der Waals surface area contributed by atoms with Crippen LogP contribution < -0.4 is 5.73 Å². The summed E-state index contributed by atoms with van der Waals surface area (Å²) in [6.45, 7) is 2.02. The van der Waals surface area contributed by atoms with Crippen molar-refractivity contribution in [2.24, 2.45) is 5.73 Å². The van der Waals surface area contributed by atoms with Crippen molar-refractivity contribution in [2.75, 3.05) is 0 Å². The van der Waals surface area contributed by atoms with Crippen LogP contribution in [0.1, 0.15) is 29.7 Å². The van der Waals surface area contributed by atoms with Crippen molar-refractivity contribution < 1.29 is 4.92 Å². The first-order valence-electron chi connectivity index (χ1n) is 6.21. The van der Waals surface area contributed by atoms with Gasteiger partial charge in [0.05, 0.1) is 11.0 Å². The average Bonchev–Trinajstić information content (AvgIpc) is 2.46. The van der Waals surface area contributed by atoms with Crippen LogP contribution in [0.3, 0.4) is 0 Å². The van der Waals surface area contributed by atoms with E-state index in [2.05, 4.69) is 0 Å². The molecule has 2 aromatic rings. The summed E-state index contributed by atoms with van der Waals surface area (Å²) < 4.78 is 0. The van der Waals surface area contributed by atoms with Gasteiger partial charge in [0.1, 0.15) is 0 Å². The van der Waals surface area contributed by atoms with Crippen molar-refractivity contribution in [3.05, 3.63) is 75.3 Å². The van der Waals surface area contributed by atoms with Crippen molar-refractivity contribution in [3.63, 3.8) is 0 Å². The highest BCUT2D eigenvalue weighted by Crippen LogP contribution is 2.27. The Bertz CT molecular complexity index is 582. The molecule has 0 heterocycles. The first kappa shape index (κ1) is 13.2. The second-order valence-electron chi connectivity index (χ2n) is 4.38. The summed E-state index contributed by atoms with van der Waals surface area (Å²) in [7, 11) is 0. The molecule has 4 heteroatoms. The van der Waals surface area contributed by atoms with E-state index in [-0.39, 0.29) is 16.7 Å². The van der Waals surface area contributed by atoms with E-state index in [1.807, 2.05) is 37.3 Å². The topological polar surface area (TPSA) is 69.2 Å². The van der Waals surface area contributed by atoms with Gasteiger partial charge in [-0.1, -0.05) is 43.3 Å². The Labute approximate surface area is 112 Å². The summed E-state index contributed by atoms with van der Waals surface area (Å²) >= 11 is 0. The number of nitro groups is 1. The molecule has 0 aromatic heterocycles. The lowest BCUT2D eigenvalue weighted by molar-refractivity contribution is -0.384. The standard InChI is InChI=1S/C15H16N2O2/c1-2-11-8-9-13(17(18)19)10-14(11)15(16)12-6-4-3-5-7-12/h3-10,15H,2,16H2,1H3. The number of rotatable bonds is 4. The van der Waals surface area contributed by atoms with Gasteiger partial charge in [0, 0.05) is 12.1 Å². The molecule has 1 atom stereocenters. The second-order valence-corrected chi connectivity index (χ2v) is 4.38. The van der Waals surface area contributed by atoms with Gasteiger partial charge in [0.25, 0.3) is 5.69 Å². The van der Waals surface area contributed by atoms with E-state index in [0.717, 1.165) is 23.1 Å². The Morgan fingerprint density at radius 3 is 2.47 bits per heavy atom. The largest absolute Gasteiger partial charge is 0.320 e. The van der Waals surface area contributed by atoms with Crippen LogP contribution in [0, 0.1) is 10.1 Å². The quantitative estimate of drug-likeness (QED) is 0.674. The van der Waals surface area contributed by atoms with Crippen LogP contribution in [0.4, 0.5) is 5.69 Å². The zero-order valence-corrected chi connectivity index (χ0v) is 10.7. The zero-order valence-electron chi connectivity index (χ0n) is 10.7. The van der Waals surface area contributed by atoms with Crippen molar-refractivity contribution in [1.82, 2.24) is 0 Å². The van der Waals surface area contributed by atoms with E-state index in [4.69, 9.17) is 5.73 Å². The normalized spacial score (nSPS) is 12.1. The molecule has 2 aromatic carbocycles. The molecule has 19 heavy (non-hydrogen) atoms. The number of nitrogens with zero attached hydrogens (tertiary/aromatic N) is 1. The molecule has 0 fully saturated rings. The summed E-state index contributed by atoms with van der Waals surface area (Å²) in [5.74, 6) is 0. The van der Waals surface area contributed by atoms with E-state index < -0.39 is 0 Å². The molecular weight excluding hydrogens is 240 g/mol. The highest BCUT2D eigenvalue weighted by Gasteiger charge is 2.16. The third-order valence-electron chi connectivity index (χ3n) is 3.21. The Morgan fingerprint density at radius 1 is 1.21 bits per heavy atom. The van der Waals surface area contributed by atoms with Crippen molar-refractivity contribution in [3.8, 4) is 0 Å². The third kappa shape index (κ3) is 2.80. The predicted octanol–water partition coefficient (Wildman–Crippen LogP) is 3.21. The summed E-state index contributed by atoms with van der Waals surface area (Å²) in [5, 5.41) is 10.9.